The molecule has 0 bridgehead atoms. The molecular formula is C22H29N3O2. The van der Waals surface area contributed by atoms with Gasteiger partial charge in [0, 0.05) is 57.8 Å². The summed E-state index contributed by atoms with van der Waals surface area (Å²) in [5.74, 6) is 0.903. The fraction of sp³-hybridized carbons (Fsp3) is 0.409. The van der Waals surface area contributed by atoms with Gasteiger partial charge in [-0.05, 0) is 11.6 Å². The Balaban J connectivity index is 1.34. The summed E-state index contributed by atoms with van der Waals surface area (Å²) >= 11 is 0. The number of piperazine rings is 1. The third-order valence-corrected chi connectivity index (χ3v) is 5.04. The average molecular weight is 367 g/mol. The molecule has 1 heterocycles. The van der Waals surface area contributed by atoms with E-state index >= 15 is 0 Å². The maximum absolute atomic E-state index is 12.2. The first kappa shape index (κ1) is 19.4. The Bertz CT molecular complexity index is 713. The van der Waals surface area contributed by atoms with Crippen LogP contribution < -0.4 is 10.1 Å². The van der Waals surface area contributed by atoms with Crippen molar-refractivity contribution in [2.45, 2.75) is 19.5 Å². The van der Waals surface area contributed by atoms with E-state index in [-0.39, 0.29) is 5.91 Å². The molecule has 144 valence electrons. The molecule has 0 radical (unpaired) electrons. The van der Waals surface area contributed by atoms with Crippen molar-refractivity contribution in [2.24, 2.45) is 0 Å². The van der Waals surface area contributed by atoms with Crippen LogP contribution in [0.3, 0.4) is 0 Å². The molecule has 3 rings (SSSR count). The van der Waals surface area contributed by atoms with Crippen LogP contribution in [0, 0.1) is 0 Å². The van der Waals surface area contributed by atoms with Gasteiger partial charge in [0.2, 0.25) is 5.91 Å². The van der Waals surface area contributed by atoms with Gasteiger partial charge in [0.25, 0.3) is 0 Å². The molecule has 0 saturated carbocycles. The second-order valence-electron chi connectivity index (χ2n) is 6.94. The fourth-order valence-electron chi connectivity index (χ4n) is 3.40. The zero-order valence-electron chi connectivity index (χ0n) is 16.1. The number of ether oxygens (including phenoxy) is 1. The summed E-state index contributed by atoms with van der Waals surface area (Å²) in [6.07, 6.45) is 0.536. The molecule has 5 heteroatoms. The minimum atomic E-state index is 0.0904. The van der Waals surface area contributed by atoms with Crippen molar-refractivity contribution >= 4 is 5.91 Å². The molecule has 1 N–H and O–H groups in total. The lowest BCUT2D eigenvalue weighted by Gasteiger charge is -2.34. The first-order chi connectivity index (χ1) is 13.2. The first-order valence-corrected chi connectivity index (χ1v) is 9.62. The van der Waals surface area contributed by atoms with Gasteiger partial charge in [0.05, 0.1) is 7.11 Å². The van der Waals surface area contributed by atoms with Crippen LogP contribution >= 0.6 is 0 Å². The normalized spacial score (nSPS) is 15.4. The molecule has 1 aliphatic heterocycles. The van der Waals surface area contributed by atoms with Crippen molar-refractivity contribution in [2.75, 3.05) is 39.8 Å². The maximum Gasteiger partial charge on any atom is 0.221 e. The van der Waals surface area contributed by atoms with Crippen molar-refractivity contribution in [3.05, 3.63) is 65.7 Å². The smallest absolute Gasteiger partial charge is 0.221 e. The zero-order chi connectivity index (χ0) is 18.9. The van der Waals surface area contributed by atoms with E-state index in [1.165, 1.54) is 5.56 Å². The van der Waals surface area contributed by atoms with Crippen molar-refractivity contribution in [1.82, 2.24) is 15.1 Å². The highest BCUT2D eigenvalue weighted by Gasteiger charge is 2.17. The number of amides is 1. The Morgan fingerprint density at radius 3 is 2.37 bits per heavy atom. The number of carbonyl (C=O) groups is 1. The number of methoxy groups -OCH3 is 1. The summed E-state index contributed by atoms with van der Waals surface area (Å²) in [6.45, 7) is 6.48. The highest BCUT2D eigenvalue weighted by atomic mass is 16.5. The zero-order valence-corrected chi connectivity index (χ0v) is 16.1. The molecule has 0 atom stereocenters. The summed E-state index contributed by atoms with van der Waals surface area (Å²) in [5, 5.41) is 3.00. The number of hydrogen-bond donors (Lipinski definition) is 1. The van der Waals surface area contributed by atoms with Gasteiger partial charge in [-0.25, -0.2) is 0 Å². The highest BCUT2D eigenvalue weighted by molar-refractivity contribution is 5.76. The van der Waals surface area contributed by atoms with E-state index in [4.69, 9.17) is 4.74 Å². The predicted molar refractivity (Wildman–Crippen MR) is 108 cm³/mol. The van der Waals surface area contributed by atoms with Gasteiger partial charge < -0.3 is 15.0 Å². The van der Waals surface area contributed by atoms with Crippen molar-refractivity contribution in [3.63, 3.8) is 0 Å². The third kappa shape index (κ3) is 6.08. The van der Waals surface area contributed by atoms with Gasteiger partial charge in [0.1, 0.15) is 5.75 Å². The van der Waals surface area contributed by atoms with Gasteiger partial charge in [0.15, 0.2) is 0 Å². The Hall–Kier alpha value is -2.37. The molecule has 1 fully saturated rings. The van der Waals surface area contributed by atoms with E-state index in [0.717, 1.165) is 50.6 Å². The van der Waals surface area contributed by atoms with Crippen LogP contribution in [0.1, 0.15) is 17.5 Å². The lowest BCUT2D eigenvalue weighted by molar-refractivity contribution is -0.121. The third-order valence-electron chi connectivity index (χ3n) is 5.04. The summed E-state index contributed by atoms with van der Waals surface area (Å²) in [5.41, 5.74) is 2.37. The molecule has 0 spiro atoms. The quantitative estimate of drug-likeness (QED) is 0.779. The van der Waals surface area contributed by atoms with Crippen LogP contribution in [0.4, 0.5) is 0 Å². The Morgan fingerprint density at radius 2 is 1.63 bits per heavy atom. The summed E-state index contributed by atoms with van der Waals surface area (Å²) in [7, 11) is 1.65. The largest absolute Gasteiger partial charge is 0.496 e. The van der Waals surface area contributed by atoms with Gasteiger partial charge in [-0.15, -0.1) is 0 Å². The number of nitrogens with zero attached hydrogens (tertiary/aromatic N) is 2. The number of para-hydroxylation sites is 1. The number of carbonyl (C=O) groups excluding carboxylic acids is 1. The minimum Gasteiger partial charge on any atom is -0.496 e. The van der Waals surface area contributed by atoms with E-state index in [2.05, 4.69) is 45.4 Å². The lowest BCUT2D eigenvalue weighted by atomic mass is 10.2. The van der Waals surface area contributed by atoms with Crippen molar-refractivity contribution in [1.29, 1.82) is 0 Å². The van der Waals surface area contributed by atoms with Crippen LogP contribution in [0.25, 0.3) is 0 Å². The maximum atomic E-state index is 12.2. The topological polar surface area (TPSA) is 44.8 Å². The van der Waals surface area contributed by atoms with Crippen molar-refractivity contribution < 1.29 is 9.53 Å². The Kier molecular flexibility index (Phi) is 7.25. The minimum absolute atomic E-state index is 0.0904. The average Bonchev–Trinajstić information content (AvgIpc) is 2.72. The van der Waals surface area contributed by atoms with Gasteiger partial charge >= 0.3 is 0 Å². The first-order valence-electron chi connectivity index (χ1n) is 9.62. The monoisotopic (exact) mass is 367 g/mol. The fourth-order valence-corrected chi connectivity index (χ4v) is 3.40. The summed E-state index contributed by atoms with van der Waals surface area (Å²) in [6, 6.07) is 18.4. The molecule has 1 aliphatic rings. The molecule has 5 nitrogen and oxygen atoms in total. The van der Waals surface area contributed by atoms with E-state index in [9.17, 15) is 4.79 Å². The summed E-state index contributed by atoms with van der Waals surface area (Å²) in [4.78, 5) is 17.0. The molecule has 1 saturated heterocycles. The van der Waals surface area contributed by atoms with Crippen LogP contribution in [-0.2, 0) is 17.9 Å². The number of benzene rings is 2. The van der Waals surface area contributed by atoms with Crippen LogP contribution in [-0.4, -0.2) is 55.5 Å². The summed E-state index contributed by atoms with van der Waals surface area (Å²) < 4.78 is 5.32. The van der Waals surface area contributed by atoms with Gasteiger partial charge in [-0.1, -0.05) is 48.5 Å². The van der Waals surface area contributed by atoms with Crippen molar-refractivity contribution in [3.8, 4) is 5.75 Å². The van der Waals surface area contributed by atoms with Gasteiger partial charge in [-0.2, -0.15) is 0 Å². The number of rotatable bonds is 8. The molecule has 0 aromatic heterocycles. The highest BCUT2D eigenvalue weighted by Crippen LogP contribution is 2.16. The van der Waals surface area contributed by atoms with Crippen LogP contribution in [0.2, 0.25) is 0 Å². The number of hydrogen-bond acceptors (Lipinski definition) is 4. The molecule has 27 heavy (non-hydrogen) atoms. The molecular weight excluding hydrogens is 338 g/mol. The van der Waals surface area contributed by atoms with E-state index in [1.807, 2.05) is 24.3 Å². The van der Waals surface area contributed by atoms with E-state index < -0.39 is 0 Å². The predicted octanol–water partition coefficient (Wildman–Crippen LogP) is 2.52. The Morgan fingerprint density at radius 1 is 0.963 bits per heavy atom. The molecule has 0 aliphatic carbocycles. The van der Waals surface area contributed by atoms with E-state index in [0.29, 0.717) is 13.0 Å². The number of nitrogens with one attached hydrogen (secondary N) is 1. The Labute approximate surface area is 161 Å². The molecule has 2 aromatic carbocycles. The van der Waals surface area contributed by atoms with E-state index in [1.54, 1.807) is 7.11 Å². The molecule has 0 unspecified atom stereocenters. The molecule has 2 aromatic rings. The molecule has 1 amide bonds. The van der Waals surface area contributed by atoms with Crippen LogP contribution in [0.5, 0.6) is 5.75 Å². The SMILES string of the molecule is COc1ccccc1CNC(=O)CCN1CCN(Cc2ccccc2)CC1. The lowest BCUT2D eigenvalue weighted by Crippen LogP contribution is -2.46. The van der Waals surface area contributed by atoms with Gasteiger partial charge in [-0.3, -0.25) is 9.69 Å². The van der Waals surface area contributed by atoms with Crippen LogP contribution in [0.15, 0.2) is 54.6 Å². The standard InChI is InChI=1S/C22H29N3O2/c1-27-21-10-6-5-9-20(21)17-23-22(26)11-12-24-13-15-25(16-14-24)18-19-7-3-2-4-8-19/h2-10H,11-18H2,1H3,(H,23,26). The second kappa shape index (κ2) is 10.1. The second-order valence-corrected chi connectivity index (χ2v) is 6.94.